The van der Waals surface area contributed by atoms with Crippen LogP contribution < -0.4 is 5.32 Å². The van der Waals surface area contributed by atoms with Gasteiger partial charge in [0.25, 0.3) is 0 Å². The highest BCUT2D eigenvalue weighted by atomic mass is 32.2. The third-order valence-electron chi connectivity index (χ3n) is 3.73. The first-order chi connectivity index (χ1) is 12.1. The van der Waals surface area contributed by atoms with Crippen molar-refractivity contribution in [1.29, 1.82) is 0 Å². The van der Waals surface area contributed by atoms with Gasteiger partial charge >= 0.3 is 0 Å². The minimum Gasteiger partial charge on any atom is -0.326 e. The number of ketones is 2. The number of carbonyl (C=O) groups excluding carboxylic acids is 3. The van der Waals surface area contributed by atoms with Crippen LogP contribution in [0.3, 0.4) is 0 Å². The molecule has 1 amide bonds. The molecule has 128 valence electrons. The fraction of sp³-hybridized carbons (Fsp3) is 0.222. The zero-order valence-corrected chi connectivity index (χ0v) is 14.3. The van der Waals surface area contributed by atoms with Gasteiger partial charge in [-0.05, 0) is 30.7 Å². The van der Waals surface area contributed by atoms with Crippen molar-refractivity contribution < 1.29 is 14.4 Å². The molecule has 0 bridgehead atoms. The average Bonchev–Trinajstić information content (AvgIpc) is 3.10. The Bertz CT molecular complexity index is 827. The fourth-order valence-corrected chi connectivity index (χ4v) is 3.46. The van der Waals surface area contributed by atoms with Crippen LogP contribution in [0.5, 0.6) is 0 Å². The number of carbonyl (C=O) groups is 3. The summed E-state index contributed by atoms with van der Waals surface area (Å²) in [5.74, 6) is 0.255. The lowest BCUT2D eigenvalue weighted by molar-refractivity contribution is -0.116. The molecule has 0 radical (unpaired) electrons. The Morgan fingerprint density at radius 2 is 1.96 bits per heavy atom. The quantitative estimate of drug-likeness (QED) is 0.744. The van der Waals surface area contributed by atoms with Crippen molar-refractivity contribution in [2.24, 2.45) is 0 Å². The smallest absolute Gasteiger partial charge is 0.224 e. The molecule has 0 aliphatic heterocycles. The van der Waals surface area contributed by atoms with Gasteiger partial charge in [-0.1, -0.05) is 18.2 Å². The molecule has 1 aromatic heterocycles. The number of nitrogens with zero attached hydrogens (tertiary/aromatic N) is 1. The van der Waals surface area contributed by atoms with Gasteiger partial charge in [0.15, 0.2) is 0 Å². The Labute approximate surface area is 149 Å². The van der Waals surface area contributed by atoms with E-state index in [4.69, 9.17) is 0 Å². The van der Waals surface area contributed by atoms with Gasteiger partial charge in [-0.3, -0.25) is 19.5 Å². The van der Waals surface area contributed by atoms with Gasteiger partial charge in [0, 0.05) is 18.2 Å². The molecule has 2 aromatic rings. The van der Waals surface area contributed by atoms with E-state index in [0.717, 1.165) is 18.5 Å². The predicted octanol–water partition coefficient (Wildman–Crippen LogP) is 3.21. The largest absolute Gasteiger partial charge is 0.326 e. The van der Waals surface area contributed by atoms with Gasteiger partial charge in [0.1, 0.15) is 5.69 Å². The van der Waals surface area contributed by atoms with Gasteiger partial charge in [-0.15, -0.1) is 11.8 Å². The Balaban J connectivity index is 1.40. The minimum atomic E-state index is -0.225. The number of aromatic nitrogens is 2. The maximum Gasteiger partial charge on any atom is 0.224 e. The predicted molar refractivity (Wildman–Crippen MR) is 96.7 cm³/mol. The number of para-hydroxylation sites is 1. The summed E-state index contributed by atoms with van der Waals surface area (Å²) in [6, 6.07) is 9.32. The zero-order valence-electron chi connectivity index (χ0n) is 13.5. The van der Waals surface area contributed by atoms with Gasteiger partial charge in [0.2, 0.25) is 17.5 Å². The molecule has 2 N–H and O–H groups in total. The maximum absolute atomic E-state index is 12.2. The number of anilines is 1. The van der Waals surface area contributed by atoms with Crippen molar-refractivity contribution >= 4 is 34.9 Å². The number of fused-ring (bicyclic) bond motifs is 1. The molecule has 1 aliphatic carbocycles. The van der Waals surface area contributed by atoms with Crippen molar-refractivity contribution in [1.82, 2.24) is 10.2 Å². The number of hydrogen-bond donors (Lipinski definition) is 2. The van der Waals surface area contributed by atoms with Crippen molar-refractivity contribution in [3.8, 4) is 0 Å². The zero-order chi connectivity index (χ0) is 17.6. The van der Waals surface area contributed by atoms with Gasteiger partial charge < -0.3 is 5.32 Å². The topological polar surface area (TPSA) is 91.9 Å². The van der Waals surface area contributed by atoms with Crippen LogP contribution in [-0.4, -0.2) is 33.4 Å². The first-order valence-electron chi connectivity index (χ1n) is 7.97. The highest BCUT2D eigenvalue weighted by molar-refractivity contribution is 8.04. The normalized spacial score (nSPS) is 13.4. The second kappa shape index (κ2) is 7.94. The molecule has 0 saturated carbocycles. The number of unbranched alkanes of at least 4 members (excludes halogenated alkanes) is 1. The molecule has 1 heterocycles. The SMILES string of the molecule is O=C(CCCCSC1=CC(=O)c2[nH]ncc2C1=O)Nc1ccccc1. The van der Waals surface area contributed by atoms with Gasteiger partial charge in [-0.2, -0.15) is 5.10 Å². The molecule has 1 aliphatic rings. The second-order valence-corrected chi connectivity index (χ2v) is 6.72. The van der Waals surface area contributed by atoms with E-state index in [2.05, 4.69) is 15.5 Å². The Morgan fingerprint density at radius 1 is 1.16 bits per heavy atom. The third kappa shape index (κ3) is 4.24. The molecule has 0 fully saturated rings. The number of Topliss-reactive ketones (excluding diaryl/α,β-unsaturated/α-hetero) is 1. The van der Waals surface area contributed by atoms with E-state index in [1.807, 2.05) is 30.3 Å². The van der Waals surface area contributed by atoms with Gasteiger partial charge in [-0.25, -0.2) is 0 Å². The standard InChI is InChI=1S/C18H17N3O3S/c22-14-10-15(18(24)13-11-19-21-17(13)14)25-9-5-4-8-16(23)20-12-6-2-1-3-7-12/h1-3,6-7,10-11H,4-5,8-9H2,(H,19,21)(H,20,23). The lowest BCUT2D eigenvalue weighted by Gasteiger charge is -2.10. The van der Waals surface area contributed by atoms with E-state index in [9.17, 15) is 14.4 Å². The van der Waals surface area contributed by atoms with Crippen molar-refractivity contribution in [2.45, 2.75) is 19.3 Å². The summed E-state index contributed by atoms with van der Waals surface area (Å²) >= 11 is 1.35. The summed E-state index contributed by atoms with van der Waals surface area (Å²) in [6.45, 7) is 0. The molecule has 3 rings (SSSR count). The number of thioether (sulfide) groups is 1. The highest BCUT2D eigenvalue weighted by Crippen LogP contribution is 2.27. The van der Waals surface area contributed by atoms with E-state index >= 15 is 0 Å². The van der Waals surface area contributed by atoms with Crippen LogP contribution in [0.2, 0.25) is 0 Å². The number of benzene rings is 1. The number of nitrogens with one attached hydrogen (secondary N) is 2. The highest BCUT2D eigenvalue weighted by Gasteiger charge is 2.27. The van der Waals surface area contributed by atoms with Crippen LogP contribution in [0.15, 0.2) is 47.5 Å². The van der Waals surface area contributed by atoms with Crippen LogP contribution in [0.1, 0.15) is 40.1 Å². The van der Waals surface area contributed by atoms with E-state index in [1.165, 1.54) is 24.0 Å². The van der Waals surface area contributed by atoms with Crippen LogP contribution in [0.4, 0.5) is 5.69 Å². The average molecular weight is 355 g/mol. The first kappa shape index (κ1) is 17.2. The molecular formula is C18H17N3O3S. The van der Waals surface area contributed by atoms with Crippen molar-refractivity contribution in [2.75, 3.05) is 11.1 Å². The molecule has 6 nitrogen and oxygen atoms in total. The molecule has 0 atom stereocenters. The molecule has 25 heavy (non-hydrogen) atoms. The lowest BCUT2D eigenvalue weighted by atomic mass is 10.0. The van der Waals surface area contributed by atoms with Crippen LogP contribution in [-0.2, 0) is 4.79 Å². The molecule has 7 heteroatoms. The molecule has 0 unspecified atom stereocenters. The summed E-state index contributed by atoms with van der Waals surface area (Å²) in [7, 11) is 0. The fourth-order valence-electron chi connectivity index (χ4n) is 2.46. The maximum atomic E-state index is 12.2. The van der Waals surface area contributed by atoms with Gasteiger partial charge in [0.05, 0.1) is 16.7 Å². The lowest BCUT2D eigenvalue weighted by Crippen LogP contribution is -2.14. The Kier molecular flexibility index (Phi) is 5.45. The summed E-state index contributed by atoms with van der Waals surface area (Å²) in [6.07, 6.45) is 4.67. The van der Waals surface area contributed by atoms with E-state index in [1.54, 1.807) is 0 Å². The van der Waals surface area contributed by atoms with E-state index in [0.29, 0.717) is 22.6 Å². The van der Waals surface area contributed by atoms with Crippen LogP contribution in [0, 0.1) is 0 Å². The molecule has 1 aromatic carbocycles. The first-order valence-corrected chi connectivity index (χ1v) is 8.95. The summed E-state index contributed by atoms with van der Waals surface area (Å²) in [5.41, 5.74) is 1.37. The van der Waals surface area contributed by atoms with Crippen LogP contribution in [0.25, 0.3) is 0 Å². The minimum absolute atomic E-state index is 0.0256. The van der Waals surface area contributed by atoms with E-state index < -0.39 is 0 Å². The number of H-pyrrole nitrogens is 1. The third-order valence-corrected chi connectivity index (χ3v) is 4.84. The Hall–Kier alpha value is -2.67. The summed E-state index contributed by atoms with van der Waals surface area (Å²) in [5, 5.41) is 9.13. The number of rotatable bonds is 7. The van der Waals surface area contributed by atoms with E-state index in [-0.39, 0.29) is 23.2 Å². The van der Waals surface area contributed by atoms with Crippen molar-refractivity contribution in [3.05, 3.63) is 58.8 Å². The number of aromatic amines is 1. The number of allylic oxidation sites excluding steroid dienone is 2. The monoisotopic (exact) mass is 355 g/mol. The summed E-state index contributed by atoms with van der Waals surface area (Å²) in [4.78, 5) is 36.4. The van der Waals surface area contributed by atoms with Crippen LogP contribution >= 0.6 is 11.8 Å². The number of amides is 1. The summed E-state index contributed by atoms with van der Waals surface area (Å²) < 4.78 is 0. The second-order valence-electron chi connectivity index (χ2n) is 5.58. The molecule has 0 spiro atoms. The Morgan fingerprint density at radius 3 is 2.76 bits per heavy atom. The molecular weight excluding hydrogens is 338 g/mol. The van der Waals surface area contributed by atoms with Crippen molar-refractivity contribution in [3.63, 3.8) is 0 Å². The molecule has 0 saturated heterocycles. The number of hydrogen-bond acceptors (Lipinski definition) is 5.